The molecule has 0 bridgehead atoms. The number of hydrogen-bond acceptors (Lipinski definition) is 4. The minimum atomic E-state index is 0.320. The second-order valence-electron chi connectivity index (χ2n) is 3.54. The summed E-state index contributed by atoms with van der Waals surface area (Å²) in [7, 11) is 0. The summed E-state index contributed by atoms with van der Waals surface area (Å²) >= 11 is 3.47. The van der Waals surface area contributed by atoms with E-state index in [0.717, 1.165) is 36.4 Å². The van der Waals surface area contributed by atoms with Gasteiger partial charge in [0.15, 0.2) is 0 Å². The van der Waals surface area contributed by atoms with Gasteiger partial charge in [0.1, 0.15) is 12.1 Å². The van der Waals surface area contributed by atoms with Crippen LogP contribution >= 0.6 is 15.9 Å². The van der Waals surface area contributed by atoms with E-state index in [1.165, 1.54) is 0 Å². The van der Waals surface area contributed by atoms with E-state index >= 15 is 0 Å². The molecule has 0 N–H and O–H groups in total. The van der Waals surface area contributed by atoms with E-state index in [1.807, 2.05) is 0 Å². The molecular formula is C10H14BrN3O. The third-order valence-electron chi connectivity index (χ3n) is 2.54. The Labute approximate surface area is 97.8 Å². The quantitative estimate of drug-likeness (QED) is 0.823. The van der Waals surface area contributed by atoms with Crippen LogP contribution in [0.3, 0.4) is 0 Å². The fraction of sp³-hybridized carbons (Fsp3) is 0.600. The molecule has 0 radical (unpaired) electrons. The molecule has 2 heterocycles. The zero-order valence-corrected chi connectivity index (χ0v) is 10.3. The van der Waals surface area contributed by atoms with Gasteiger partial charge in [0, 0.05) is 19.3 Å². The lowest BCUT2D eigenvalue weighted by molar-refractivity contribution is 0.0381. The molecule has 1 aromatic rings. The Bertz CT molecular complexity index is 334. The summed E-state index contributed by atoms with van der Waals surface area (Å²) in [5, 5.41) is 0. The van der Waals surface area contributed by atoms with E-state index in [-0.39, 0.29) is 0 Å². The zero-order chi connectivity index (χ0) is 10.7. The first-order valence-electron chi connectivity index (χ1n) is 5.13. The van der Waals surface area contributed by atoms with E-state index in [1.54, 1.807) is 12.5 Å². The Kier molecular flexibility index (Phi) is 3.53. The minimum Gasteiger partial charge on any atom is -0.375 e. The van der Waals surface area contributed by atoms with Gasteiger partial charge in [-0.2, -0.15) is 0 Å². The van der Waals surface area contributed by atoms with Crippen molar-refractivity contribution in [1.29, 1.82) is 0 Å². The maximum atomic E-state index is 5.62. The number of halogens is 1. The van der Waals surface area contributed by atoms with Crippen LogP contribution in [0, 0.1) is 0 Å². The van der Waals surface area contributed by atoms with Gasteiger partial charge in [-0.1, -0.05) is 6.92 Å². The van der Waals surface area contributed by atoms with E-state index in [2.05, 4.69) is 37.7 Å². The second-order valence-corrected chi connectivity index (χ2v) is 4.40. The van der Waals surface area contributed by atoms with Crippen molar-refractivity contribution in [3.63, 3.8) is 0 Å². The largest absolute Gasteiger partial charge is 0.375 e. The fourth-order valence-corrected chi connectivity index (χ4v) is 2.17. The van der Waals surface area contributed by atoms with E-state index < -0.39 is 0 Å². The standard InChI is InChI=1S/C10H14BrN3O/c1-2-8-6-14(3-4-15-8)10-9(11)5-12-7-13-10/h5,7-8H,2-4,6H2,1H3. The van der Waals surface area contributed by atoms with Crippen molar-refractivity contribution >= 4 is 21.7 Å². The van der Waals surface area contributed by atoms with Crippen LogP contribution in [0.4, 0.5) is 5.82 Å². The molecule has 1 atom stereocenters. The van der Waals surface area contributed by atoms with Crippen molar-refractivity contribution in [1.82, 2.24) is 9.97 Å². The maximum absolute atomic E-state index is 5.62. The molecule has 4 nitrogen and oxygen atoms in total. The summed E-state index contributed by atoms with van der Waals surface area (Å²) < 4.78 is 6.56. The molecule has 82 valence electrons. The van der Waals surface area contributed by atoms with Crippen LogP contribution in [0.2, 0.25) is 0 Å². The molecule has 1 aromatic heterocycles. The van der Waals surface area contributed by atoms with Gasteiger partial charge in [0.05, 0.1) is 17.2 Å². The lowest BCUT2D eigenvalue weighted by Gasteiger charge is -2.33. The van der Waals surface area contributed by atoms with Gasteiger partial charge in [-0.15, -0.1) is 0 Å². The van der Waals surface area contributed by atoms with Gasteiger partial charge < -0.3 is 9.64 Å². The van der Waals surface area contributed by atoms with Crippen molar-refractivity contribution in [2.24, 2.45) is 0 Å². The van der Waals surface area contributed by atoms with Gasteiger partial charge >= 0.3 is 0 Å². The lowest BCUT2D eigenvalue weighted by atomic mass is 10.2. The van der Waals surface area contributed by atoms with Crippen molar-refractivity contribution in [3.8, 4) is 0 Å². The minimum absolute atomic E-state index is 0.320. The maximum Gasteiger partial charge on any atom is 0.146 e. The Morgan fingerprint density at radius 2 is 2.53 bits per heavy atom. The smallest absolute Gasteiger partial charge is 0.146 e. The number of aromatic nitrogens is 2. The van der Waals surface area contributed by atoms with Gasteiger partial charge in [-0.05, 0) is 22.4 Å². The van der Waals surface area contributed by atoms with E-state index in [0.29, 0.717) is 6.10 Å². The summed E-state index contributed by atoms with van der Waals surface area (Å²) in [6, 6.07) is 0. The van der Waals surface area contributed by atoms with E-state index in [9.17, 15) is 0 Å². The number of ether oxygens (including phenoxy) is 1. The number of morpholine rings is 1. The van der Waals surface area contributed by atoms with E-state index in [4.69, 9.17) is 4.74 Å². The zero-order valence-electron chi connectivity index (χ0n) is 8.69. The molecule has 2 rings (SSSR count). The fourth-order valence-electron chi connectivity index (χ4n) is 1.70. The Balaban J connectivity index is 2.13. The van der Waals surface area contributed by atoms with Crippen LogP contribution in [-0.4, -0.2) is 35.8 Å². The highest BCUT2D eigenvalue weighted by atomic mass is 79.9. The van der Waals surface area contributed by atoms with Gasteiger partial charge in [0.25, 0.3) is 0 Å². The molecule has 0 spiro atoms. The highest BCUT2D eigenvalue weighted by Gasteiger charge is 2.21. The van der Waals surface area contributed by atoms with Crippen LogP contribution in [0.5, 0.6) is 0 Å². The van der Waals surface area contributed by atoms with Crippen LogP contribution < -0.4 is 4.90 Å². The van der Waals surface area contributed by atoms with Gasteiger partial charge in [0.2, 0.25) is 0 Å². The molecule has 0 saturated carbocycles. The Morgan fingerprint density at radius 1 is 1.67 bits per heavy atom. The summed E-state index contributed by atoms with van der Waals surface area (Å²) in [6.07, 6.45) is 4.72. The monoisotopic (exact) mass is 271 g/mol. The molecule has 1 aliphatic heterocycles. The number of nitrogens with zero attached hydrogens (tertiary/aromatic N) is 3. The lowest BCUT2D eigenvalue weighted by Crippen LogP contribution is -2.42. The number of rotatable bonds is 2. The molecule has 0 amide bonds. The molecule has 1 aliphatic rings. The first-order valence-corrected chi connectivity index (χ1v) is 5.92. The summed E-state index contributed by atoms with van der Waals surface area (Å²) in [5.41, 5.74) is 0. The highest BCUT2D eigenvalue weighted by molar-refractivity contribution is 9.10. The predicted molar refractivity (Wildman–Crippen MR) is 62.0 cm³/mol. The van der Waals surface area contributed by atoms with Crippen molar-refractivity contribution in [3.05, 3.63) is 17.0 Å². The summed E-state index contributed by atoms with van der Waals surface area (Å²) in [6.45, 7) is 4.72. The third kappa shape index (κ3) is 2.46. The average molecular weight is 272 g/mol. The van der Waals surface area contributed by atoms with Crippen LogP contribution in [0.25, 0.3) is 0 Å². The predicted octanol–water partition coefficient (Wildman–Crippen LogP) is 1.85. The molecule has 0 aliphatic carbocycles. The average Bonchev–Trinajstić information content (AvgIpc) is 2.30. The normalized spacial score (nSPS) is 21.7. The Morgan fingerprint density at radius 3 is 3.27 bits per heavy atom. The van der Waals surface area contributed by atoms with Gasteiger partial charge in [-0.25, -0.2) is 9.97 Å². The second kappa shape index (κ2) is 4.90. The first-order chi connectivity index (χ1) is 7.31. The molecule has 1 unspecified atom stereocenters. The molecule has 15 heavy (non-hydrogen) atoms. The topological polar surface area (TPSA) is 38.2 Å². The molecule has 1 saturated heterocycles. The van der Waals surface area contributed by atoms with Crippen LogP contribution in [-0.2, 0) is 4.74 Å². The highest BCUT2D eigenvalue weighted by Crippen LogP contribution is 2.24. The molecule has 5 heteroatoms. The van der Waals surface area contributed by atoms with Crippen LogP contribution in [0.15, 0.2) is 17.0 Å². The first kappa shape index (κ1) is 10.8. The Hall–Kier alpha value is -0.680. The van der Waals surface area contributed by atoms with Crippen molar-refractivity contribution < 1.29 is 4.74 Å². The third-order valence-corrected chi connectivity index (χ3v) is 3.10. The molecule has 0 aromatic carbocycles. The summed E-state index contributed by atoms with van der Waals surface area (Å²) in [5.74, 6) is 0.965. The number of hydrogen-bond donors (Lipinski definition) is 0. The summed E-state index contributed by atoms with van der Waals surface area (Å²) in [4.78, 5) is 10.5. The molecular weight excluding hydrogens is 258 g/mol. The SMILES string of the molecule is CCC1CN(c2ncncc2Br)CCO1. The van der Waals surface area contributed by atoms with Crippen LogP contribution in [0.1, 0.15) is 13.3 Å². The van der Waals surface area contributed by atoms with Gasteiger partial charge in [-0.3, -0.25) is 0 Å². The molecule has 1 fully saturated rings. The van der Waals surface area contributed by atoms with Crippen molar-refractivity contribution in [2.45, 2.75) is 19.4 Å². The number of anilines is 1. The van der Waals surface area contributed by atoms with Crippen molar-refractivity contribution in [2.75, 3.05) is 24.6 Å².